The van der Waals surface area contributed by atoms with Crippen LogP contribution in [0.4, 0.5) is 0 Å². The lowest BCUT2D eigenvalue weighted by Gasteiger charge is -2.25. The van der Waals surface area contributed by atoms with E-state index in [1.165, 1.54) is 17.5 Å². The number of carboxylic acid groups (broad SMARTS) is 1. The van der Waals surface area contributed by atoms with E-state index in [4.69, 9.17) is 5.11 Å². The quantitative estimate of drug-likeness (QED) is 0.923. The highest BCUT2D eigenvalue weighted by Gasteiger charge is 2.20. The van der Waals surface area contributed by atoms with E-state index in [0.717, 1.165) is 19.4 Å². The lowest BCUT2D eigenvalue weighted by atomic mass is 9.83. The summed E-state index contributed by atoms with van der Waals surface area (Å²) in [5.41, 5.74) is 3.34. The van der Waals surface area contributed by atoms with Crippen molar-refractivity contribution < 1.29 is 9.90 Å². The van der Waals surface area contributed by atoms with Crippen LogP contribution in [0.5, 0.6) is 0 Å². The van der Waals surface area contributed by atoms with Gasteiger partial charge < -0.3 is 5.11 Å². The molecule has 0 fully saturated rings. The number of aliphatic carboxylic acids is 1. The highest BCUT2D eigenvalue weighted by atomic mass is 16.4. The summed E-state index contributed by atoms with van der Waals surface area (Å²) in [5, 5.41) is 16.7. The molecule has 5 nitrogen and oxygen atoms in total. The van der Waals surface area contributed by atoms with Crippen molar-refractivity contribution >= 4 is 5.97 Å². The first-order chi connectivity index (χ1) is 9.72. The molecule has 1 aliphatic carbocycles. The fourth-order valence-corrected chi connectivity index (χ4v) is 2.93. The van der Waals surface area contributed by atoms with Gasteiger partial charge in [0, 0.05) is 18.7 Å². The van der Waals surface area contributed by atoms with Gasteiger partial charge in [-0.1, -0.05) is 29.5 Å². The Kier molecular flexibility index (Phi) is 3.50. The van der Waals surface area contributed by atoms with Gasteiger partial charge in [0.05, 0.1) is 12.1 Å². The van der Waals surface area contributed by atoms with E-state index in [9.17, 15) is 4.79 Å². The summed E-state index contributed by atoms with van der Waals surface area (Å²) in [6, 6.07) is 8.54. The second kappa shape index (κ2) is 5.45. The third-order valence-electron chi connectivity index (χ3n) is 3.82. The van der Waals surface area contributed by atoms with E-state index in [1.54, 1.807) is 10.9 Å². The molecule has 0 spiro atoms. The summed E-state index contributed by atoms with van der Waals surface area (Å²) in [6.45, 7) is 0.767. The molecule has 0 saturated carbocycles. The molecule has 0 saturated heterocycles. The van der Waals surface area contributed by atoms with Crippen molar-refractivity contribution in [2.45, 2.75) is 38.1 Å². The first-order valence-corrected chi connectivity index (χ1v) is 6.91. The smallest absolute Gasteiger partial charge is 0.309 e. The second-order valence-electron chi connectivity index (χ2n) is 5.29. The van der Waals surface area contributed by atoms with Crippen LogP contribution in [-0.2, 0) is 24.2 Å². The normalized spacial score (nSPS) is 17.7. The Hall–Kier alpha value is -2.17. The molecular formula is C15H17N3O2. The number of carboxylic acids is 1. The molecule has 1 aromatic heterocycles. The third-order valence-corrected chi connectivity index (χ3v) is 3.82. The third kappa shape index (κ3) is 2.71. The van der Waals surface area contributed by atoms with E-state index in [1.807, 2.05) is 0 Å². The van der Waals surface area contributed by atoms with Crippen molar-refractivity contribution in [1.29, 1.82) is 0 Å². The van der Waals surface area contributed by atoms with Crippen LogP contribution in [0, 0.1) is 0 Å². The summed E-state index contributed by atoms with van der Waals surface area (Å²) >= 11 is 0. The van der Waals surface area contributed by atoms with Crippen molar-refractivity contribution in [1.82, 2.24) is 15.0 Å². The number of benzene rings is 1. The van der Waals surface area contributed by atoms with E-state index < -0.39 is 5.97 Å². The SMILES string of the molecule is O=C(O)Cc1cn(CC2CCCc3ccccc32)nn1. The number of hydrogen-bond donors (Lipinski definition) is 1. The summed E-state index contributed by atoms with van der Waals surface area (Å²) in [5.74, 6) is -0.431. The van der Waals surface area contributed by atoms with Crippen LogP contribution in [0.1, 0.15) is 35.6 Å². The largest absolute Gasteiger partial charge is 0.481 e. The molecular weight excluding hydrogens is 254 g/mol. The van der Waals surface area contributed by atoms with E-state index in [0.29, 0.717) is 11.6 Å². The molecule has 0 aliphatic heterocycles. The number of rotatable bonds is 4. The fourth-order valence-electron chi connectivity index (χ4n) is 2.93. The number of hydrogen-bond acceptors (Lipinski definition) is 3. The lowest BCUT2D eigenvalue weighted by Crippen LogP contribution is -2.16. The molecule has 0 bridgehead atoms. The predicted molar refractivity (Wildman–Crippen MR) is 73.5 cm³/mol. The first kappa shape index (κ1) is 12.8. The summed E-state index contributed by atoms with van der Waals surface area (Å²) in [6.07, 6.45) is 5.16. The maximum atomic E-state index is 10.7. The Morgan fingerprint density at radius 2 is 2.25 bits per heavy atom. The van der Waals surface area contributed by atoms with Crippen molar-refractivity contribution in [3.05, 3.63) is 47.3 Å². The van der Waals surface area contributed by atoms with Gasteiger partial charge in [0.25, 0.3) is 0 Å². The summed E-state index contributed by atoms with van der Waals surface area (Å²) < 4.78 is 1.77. The number of fused-ring (bicyclic) bond motifs is 1. The topological polar surface area (TPSA) is 68.0 Å². The minimum absolute atomic E-state index is 0.0682. The number of aryl methyl sites for hydroxylation is 1. The molecule has 2 aromatic rings. The Labute approximate surface area is 117 Å². The molecule has 1 heterocycles. The Bertz CT molecular complexity index is 621. The number of nitrogens with zero attached hydrogens (tertiary/aromatic N) is 3. The van der Waals surface area contributed by atoms with Crippen molar-refractivity contribution in [3.8, 4) is 0 Å². The predicted octanol–water partition coefficient (Wildman–Crippen LogP) is 2.03. The van der Waals surface area contributed by atoms with Crippen LogP contribution in [0.3, 0.4) is 0 Å². The number of carbonyl (C=O) groups is 1. The summed E-state index contributed by atoms with van der Waals surface area (Å²) in [4.78, 5) is 10.7. The zero-order valence-corrected chi connectivity index (χ0v) is 11.2. The zero-order chi connectivity index (χ0) is 13.9. The number of aromatic nitrogens is 3. The van der Waals surface area contributed by atoms with E-state index in [-0.39, 0.29) is 6.42 Å². The van der Waals surface area contributed by atoms with Gasteiger partial charge in [-0.3, -0.25) is 9.48 Å². The fraction of sp³-hybridized carbons (Fsp3) is 0.400. The Morgan fingerprint density at radius 3 is 3.10 bits per heavy atom. The van der Waals surface area contributed by atoms with Crippen molar-refractivity contribution in [3.63, 3.8) is 0 Å². The van der Waals surface area contributed by atoms with Gasteiger partial charge >= 0.3 is 5.97 Å². The molecule has 5 heteroatoms. The maximum Gasteiger partial charge on any atom is 0.309 e. The molecule has 104 valence electrons. The van der Waals surface area contributed by atoms with Crippen LogP contribution < -0.4 is 0 Å². The highest BCUT2D eigenvalue weighted by molar-refractivity contribution is 5.69. The van der Waals surface area contributed by atoms with Crippen molar-refractivity contribution in [2.75, 3.05) is 0 Å². The van der Waals surface area contributed by atoms with Crippen LogP contribution in [0.2, 0.25) is 0 Å². The van der Waals surface area contributed by atoms with Crippen LogP contribution in [0.25, 0.3) is 0 Å². The van der Waals surface area contributed by atoms with Crippen LogP contribution in [-0.4, -0.2) is 26.1 Å². The minimum Gasteiger partial charge on any atom is -0.481 e. The molecule has 20 heavy (non-hydrogen) atoms. The van der Waals surface area contributed by atoms with Gasteiger partial charge in [-0.05, 0) is 30.4 Å². The maximum absolute atomic E-state index is 10.7. The van der Waals surface area contributed by atoms with Gasteiger partial charge in [-0.25, -0.2) is 0 Å². The van der Waals surface area contributed by atoms with Gasteiger partial charge in [-0.2, -0.15) is 0 Å². The van der Waals surface area contributed by atoms with Gasteiger partial charge in [-0.15, -0.1) is 5.10 Å². The molecule has 0 amide bonds. The summed E-state index contributed by atoms with van der Waals surface area (Å²) in [7, 11) is 0. The second-order valence-corrected chi connectivity index (χ2v) is 5.29. The van der Waals surface area contributed by atoms with Crippen LogP contribution in [0.15, 0.2) is 30.5 Å². The Balaban J connectivity index is 1.75. The van der Waals surface area contributed by atoms with Gasteiger partial charge in [0.15, 0.2) is 0 Å². The molecule has 1 unspecified atom stereocenters. The molecule has 1 aliphatic rings. The van der Waals surface area contributed by atoms with E-state index >= 15 is 0 Å². The highest BCUT2D eigenvalue weighted by Crippen LogP contribution is 2.32. The standard InChI is InChI=1S/C15H17N3O2/c19-15(20)8-13-10-18(17-16-13)9-12-6-3-5-11-4-1-2-7-14(11)12/h1-2,4,7,10,12H,3,5-6,8-9H2,(H,19,20). The van der Waals surface area contributed by atoms with E-state index in [2.05, 4.69) is 34.6 Å². The van der Waals surface area contributed by atoms with Crippen LogP contribution >= 0.6 is 0 Å². The van der Waals surface area contributed by atoms with Crippen molar-refractivity contribution in [2.24, 2.45) is 0 Å². The molecule has 0 radical (unpaired) electrons. The van der Waals surface area contributed by atoms with Gasteiger partial charge in [0.1, 0.15) is 0 Å². The molecule has 1 N–H and O–H groups in total. The zero-order valence-electron chi connectivity index (χ0n) is 11.2. The Morgan fingerprint density at radius 1 is 1.40 bits per heavy atom. The minimum atomic E-state index is -0.875. The monoisotopic (exact) mass is 271 g/mol. The average Bonchev–Trinajstić information content (AvgIpc) is 2.86. The molecule has 1 atom stereocenters. The first-order valence-electron chi connectivity index (χ1n) is 6.91. The molecule has 3 rings (SSSR count). The lowest BCUT2D eigenvalue weighted by molar-refractivity contribution is -0.136. The molecule has 1 aromatic carbocycles. The average molecular weight is 271 g/mol. The van der Waals surface area contributed by atoms with Gasteiger partial charge in [0.2, 0.25) is 0 Å².